The van der Waals surface area contributed by atoms with Gasteiger partial charge in [0.2, 0.25) is 5.91 Å². The molecule has 3 aliphatic rings. The first-order chi connectivity index (χ1) is 23.4. The van der Waals surface area contributed by atoms with Crippen LogP contribution in [0.2, 0.25) is 5.02 Å². The molecule has 3 aromatic rings. The quantitative estimate of drug-likeness (QED) is 0.363. The van der Waals surface area contributed by atoms with Crippen LogP contribution in [-0.2, 0) is 36.7 Å². The Labute approximate surface area is 301 Å². The molecule has 4 heterocycles. The van der Waals surface area contributed by atoms with Gasteiger partial charge in [-0.1, -0.05) is 17.7 Å². The van der Waals surface area contributed by atoms with Gasteiger partial charge in [0.25, 0.3) is 5.91 Å². The van der Waals surface area contributed by atoms with E-state index >= 15 is 4.39 Å². The van der Waals surface area contributed by atoms with Crippen molar-refractivity contribution >= 4 is 55.3 Å². The maximum atomic E-state index is 15.7. The molecule has 2 aromatic heterocycles. The molecule has 2 aliphatic heterocycles. The number of benzene rings is 1. The number of likely N-dealkylation sites (tertiary alicyclic amines) is 2. The molecule has 0 bridgehead atoms. The number of hydrogen-bond donors (Lipinski definition) is 1. The zero-order valence-electron chi connectivity index (χ0n) is 27.6. The fourth-order valence-corrected chi connectivity index (χ4v) is 8.95. The SMILES string of the molecule is Cn1cc(-c2ccc(S(=O)(=O)[C@@H]3C[C@H](C(=O)NC4(C#N)CC4)N(C(=O)C4(c5ncc(Br)cc5F)CCN4C(=O)OC(C)(C)C)C3)c(Cl)c2)cn1. The third-order valence-electron chi connectivity index (χ3n) is 9.19. The third-order valence-corrected chi connectivity index (χ3v) is 12.2. The summed E-state index contributed by atoms with van der Waals surface area (Å²) in [4.78, 5) is 48.4. The third kappa shape index (κ3) is 6.35. The van der Waals surface area contributed by atoms with E-state index in [1.807, 2.05) is 0 Å². The van der Waals surface area contributed by atoms with Gasteiger partial charge < -0.3 is 15.0 Å². The zero-order valence-corrected chi connectivity index (χ0v) is 30.8. The summed E-state index contributed by atoms with van der Waals surface area (Å²) in [7, 11) is -2.55. The van der Waals surface area contributed by atoms with Crippen molar-refractivity contribution in [3.63, 3.8) is 0 Å². The summed E-state index contributed by atoms with van der Waals surface area (Å²) >= 11 is 9.74. The molecule has 1 saturated carbocycles. The number of carbonyl (C=O) groups is 3. The number of ether oxygens (including phenoxy) is 1. The number of nitriles is 1. The van der Waals surface area contributed by atoms with E-state index in [9.17, 15) is 28.1 Å². The van der Waals surface area contributed by atoms with Gasteiger partial charge in [0, 0.05) is 49.0 Å². The van der Waals surface area contributed by atoms with Crippen LogP contribution >= 0.6 is 27.5 Å². The van der Waals surface area contributed by atoms with Crippen molar-refractivity contribution in [2.75, 3.05) is 13.1 Å². The molecule has 17 heteroatoms. The first kappa shape index (κ1) is 35.7. The van der Waals surface area contributed by atoms with Crippen LogP contribution in [0.25, 0.3) is 11.1 Å². The summed E-state index contributed by atoms with van der Waals surface area (Å²) in [5.74, 6) is -2.54. The predicted octanol–water partition coefficient (Wildman–Crippen LogP) is 4.49. The van der Waals surface area contributed by atoms with Gasteiger partial charge in [-0.25, -0.2) is 17.6 Å². The van der Waals surface area contributed by atoms with Crippen molar-refractivity contribution < 1.29 is 31.9 Å². The minimum absolute atomic E-state index is 0.000696. The van der Waals surface area contributed by atoms with E-state index in [0.29, 0.717) is 24.0 Å². The molecule has 50 heavy (non-hydrogen) atoms. The Kier molecular flexibility index (Phi) is 9.01. The Balaban J connectivity index is 1.40. The molecule has 1 aromatic carbocycles. The highest BCUT2D eigenvalue weighted by Gasteiger charge is 2.62. The van der Waals surface area contributed by atoms with Crippen molar-refractivity contribution in [2.45, 2.75) is 79.3 Å². The number of nitrogens with one attached hydrogen (secondary N) is 1. The molecule has 264 valence electrons. The van der Waals surface area contributed by atoms with E-state index in [2.05, 4.69) is 37.4 Å². The second kappa shape index (κ2) is 12.6. The molecular formula is C33H34BrClFN7O6S. The van der Waals surface area contributed by atoms with Gasteiger partial charge in [-0.2, -0.15) is 10.4 Å². The normalized spacial score (nSPS) is 22.8. The second-order valence-electron chi connectivity index (χ2n) is 13.8. The van der Waals surface area contributed by atoms with Crippen LogP contribution in [-0.4, -0.2) is 86.4 Å². The molecule has 0 radical (unpaired) electrons. The van der Waals surface area contributed by atoms with Crippen molar-refractivity contribution in [2.24, 2.45) is 7.05 Å². The summed E-state index contributed by atoms with van der Waals surface area (Å²) in [5, 5.41) is 15.1. The lowest BCUT2D eigenvalue weighted by molar-refractivity contribution is -0.158. The minimum atomic E-state index is -4.29. The molecule has 0 spiro atoms. The van der Waals surface area contributed by atoms with Crippen LogP contribution in [0.5, 0.6) is 0 Å². The van der Waals surface area contributed by atoms with E-state index in [0.717, 1.165) is 15.9 Å². The number of amides is 3. The van der Waals surface area contributed by atoms with E-state index < -0.39 is 68.1 Å². The van der Waals surface area contributed by atoms with Crippen molar-refractivity contribution in [1.29, 1.82) is 5.26 Å². The highest BCUT2D eigenvalue weighted by Crippen LogP contribution is 2.46. The summed E-state index contributed by atoms with van der Waals surface area (Å²) in [5.41, 5.74) is -3.19. The fourth-order valence-electron chi connectivity index (χ4n) is 6.40. The van der Waals surface area contributed by atoms with E-state index in [-0.39, 0.29) is 39.5 Å². The number of aromatic nitrogens is 3. The first-order valence-corrected chi connectivity index (χ1v) is 18.5. The van der Waals surface area contributed by atoms with E-state index in [4.69, 9.17) is 16.3 Å². The maximum absolute atomic E-state index is 15.7. The number of rotatable bonds is 7. The smallest absolute Gasteiger partial charge is 0.411 e. The van der Waals surface area contributed by atoms with Gasteiger partial charge in [0.05, 0.1) is 27.4 Å². The fraction of sp³-hybridized carbons (Fsp3) is 0.455. The molecule has 3 fully saturated rings. The van der Waals surface area contributed by atoms with Gasteiger partial charge in [-0.3, -0.25) is 24.2 Å². The Morgan fingerprint density at radius 1 is 1.16 bits per heavy atom. The zero-order chi connectivity index (χ0) is 36.4. The van der Waals surface area contributed by atoms with Gasteiger partial charge >= 0.3 is 6.09 Å². The molecule has 1 aliphatic carbocycles. The second-order valence-corrected chi connectivity index (χ2v) is 17.4. The van der Waals surface area contributed by atoms with Crippen LogP contribution in [0, 0.1) is 17.1 Å². The Hall–Kier alpha value is -4.07. The molecular weight excluding hydrogens is 757 g/mol. The van der Waals surface area contributed by atoms with Crippen molar-refractivity contribution in [1.82, 2.24) is 29.9 Å². The van der Waals surface area contributed by atoms with Gasteiger partial charge in [-0.05, 0) is 79.7 Å². The summed E-state index contributed by atoms with van der Waals surface area (Å²) in [6, 6.07) is 6.24. The van der Waals surface area contributed by atoms with Crippen LogP contribution in [0.15, 0.2) is 52.2 Å². The summed E-state index contributed by atoms with van der Waals surface area (Å²) in [6.45, 7) is 4.43. The van der Waals surface area contributed by atoms with Crippen LogP contribution in [0.4, 0.5) is 9.18 Å². The Bertz CT molecular complexity index is 2060. The summed E-state index contributed by atoms with van der Waals surface area (Å²) in [6.07, 6.45) is 4.08. The number of aryl methyl sites for hydroxylation is 1. The lowest BCUT2D eigenvalue weighted by Gasteiger charge is -2.52. The first-order valence-electron chi connectivity index (χ1n) is 15.8. The lowest BCUT2D eigenvalue weighted by atomic mass is 9.79. The van der Waals surface area contributed by atoms with Gasteiger partial charge in [0.1, 0.15) is 28.7 Å². The van der Waals surface area contributed by atoms with Crippen LogP contribution in [0.1, 0.15) is 52.1 Å². The highest BCUT2D eigenvalue weighted by atomic mass is 79.9. The number of halogens is 3. The average molecular weight is 791 g/mol. The number of pyridine rings is 1. The minimum Gasteiger partial charge on any atom is -0.444 e. The van der Waals surface area contributed by atoms with Crippen molar-refractivity contribution in [3.8, 4) is 17.2 Å². The Morgan fingerprint density at radius 2 is 1.88 bits per heavy atom. The molecule has 2 saturated heterocycles. The van der Waals surface area contributed by atoms with E-state index in [1.54, 1.807) is 51.0 Å². The molecule has 3 amide bonds. The van der Waals surface area contributed by atoms with E-state index in [1.165, 1.54) is 18.3 Å². The molecule has 3 atom stereocenters. The summed E-state index contributed by atoms with van der Waals surface area (Å²) < 4.78 is 51.7. The molecule has 1 N–H and O–H groups in total. The van der Waals surface area contributed by atoms with Crippen molar-refractivity contribution in [3.05, 3.63) is 63.9 Å². The molecule has 1 unspecified atom stereocenters. The standard InChI is InChI=1S/C33H34BrClFN7O6S/c1-31(2,3)49-30(46)43-10-9-33(43,27-24(36)12-21(34)15-38-27)29(45)42-17-22(13-25(42)28(44)40-32(18-37)7-8-32)50(47,48)26-6-5-19(11-23(26)35)20-14-39-41(4)16-20/h5-6,11-12,14-16,22,25H,7-10,13,17H2,1-4H3,(H,40,44)/t22-,25-,33?/m1/s1. The predicted molar refractivity (Wildman–Crippen MR) is 182 cm³/mol. The largest absolute Gasteiger partial charge is 0.444 e. The number of carbonyl (C=O) groups excluding carboxylic acids is 3. The average Bonchev–Trinajstić information content (AvgIpc) is 3.40. The highest BCUT2D eigenvalue weighted by molar-refractivity contribution is 9.10. The monoisotopic (exact) mass is 789 g/mol. The van der Waals surface area contributed by atoms with Crippen LogP contribution < -0.4 is 5.32 Å². The Morgan fingerprint density at radius 3 is 2.42 bits per heavy atom. The molecule has 6 rings (SSSR count). The van der Waals surface area contributed by atoms with Gasteiger partial charge in [-0.15, -0.1) is 0 Å². The number of sulfone groups is 1. The number of nitrogens with zero attached hydrogens (tertiary/aromatic N) is 6. The maximum Gasteiger partial charge on any atom is 0.411 e. The molecule has 13 nitrogen and oxygen atoms in total. The lowest BCUT2D eigenvalue weighted by Crippen LogP contribution is -2.69. The topological polar surface area (TPSA) is 168 Å². The van der Waals surface area contributed by atoms with Gasteiger partial charge in [0.15, 0.2) is 15.4 Å². The number of hydrogen-bond acceptors (Lipinski definition) is 9. The van der Waals surface area contributed by atoms with Crippen LogP contribution in [0.3, 0.4) is 0 Å².